The number of amides is 1. The van der Waals surface area contributed by atoms with Crippen LogP contribution in [0.2, 0.25) is 0 Å². The quantitative estimate of drug-likeness (QED) is 0.539. The monoisotopic (exact) mass is 427 g/mol. The van der Waals surface area contributed by atoms with E-state index >= 15 is 0 Å². The third-order valence-electron chi connectivity index (χ3n) is 5.67. The van der Waals surface area contributed by atoms with E-state index < -0.39 is 23.5 Å². The zero-order valence-electron chi connectivity index (χ0n) is 18.4. The zero-order valence-corrected chi connectivity index (χ0v) is 18.4. The second-order valence-electron chi connectivity index (χ2n) is 7.59. The van der Waals surface area contributed by atoms with Gasteiger partial charge in [0.1, 0.15) is 5.75 Å². The first-order valence-corrected chi connectivity index (χ1v) is 10.9. The van der Waals surface area contributed by atoms with Crippen molar-refractivity contribution in [1.82, 2.24) is 4.90 Å². The first kappa shape index (κ1) is 22.6. The van der Waals surface area contributed by atoms with Crippen molar-refractivity contribution in [3.8, 4) is 5.75 Å². The number of benzene rings is 1. The van der Waals surface area contributed by atoms with Crippen LogP contribution in [0.3, 0.4) is 0 Å². The maximum absolute atomic E-state index is 13.1. The second kappa shape index (κ2) is 10.3. The molecule has 31 heavy (non-hydrogen) atoms. The predicted molar refractivity (Wildman–Crippen MR) is 116 cm³/mol. The van der Waals surface area contributed by atoms with Crippen LogP contribution in [-0.2, 0) is 4.79 Å². The van der Waals surface area contributed by atoms with Gasteiger partial charge in [0, 0.05) is 0 Å². The number of hydrogen-bond donors (Lipinski definition) is 2. The Morgan fingerprint density at radius 2 is 1.87 bits per heavy atom. The number of nitrogens with zero attached hydrogens (tertiary/aromatic N) is 1. The van der Waals surface area contributed by atoms with E-state index in [1.165, 1.54) is 17.2 Å². The van der Waals surface area contributed by atoms with Gasteiger partial charge in [-0.3, -0.25) is 9.59 Å². The summed E-state index contributed by atoms with van der Waals surface area (Å²) in [6, 6.07) is 9.80. The van der Waals surface area contributed by atoms with Crippen molar-refractivity contribution < 1.29 is 28.7 Å². The van der Waals surface area contributed by atoms with Gasteiger partial charge in [-0.1, -0.05) is 19.1 Å². The number of ketones is 1. The number of carbonyl (C=O) groups is 2. The van der Waals surface area contributed by atoms with Crippen molar-refractivity contribution in [2.75, 3.05) is 32.8 Å². The number of furan rings is 1. The number of likely N-dealkylation sites (N-methyl/N-ethyl adjacent to an activating group) is 1. The number of nitrogens with one attached hydrogen (secondary N) is 1. The minimum Gasteiger partial charge on any atom is -0.503 e. The average molecular weight is 428 g/mol. The van der Waals surface area contributed by atoms with Crippen LogP contribution in [0.4, 0.5) is 0 Å². The summed E-state index contributed by atoms with van der Waals surface area (Å²) in [7, 11) is 0. The van der Waals surface area contributed by atoms with E-state index in [-0.39, 0.29) is 11.3 Å². The van der Waals surface area contributed by atoms with Crippen molar-refractivity contribution in [1.29, 1.82) is 0 Å². The topological polar surface area (TPSA) is 84.4 Å². The van der Waals surface area contributed by atoms with Crippen LogP contribution in [0.15, 0.2) is 58.4 Å². The largest absolute Gasteiger partial charge is 0.503 e. The Bertz CT molecular complexity index is 914. The molecule has 1 aromatic carbocycles. The summed E-state index contributed by atoms with van der Waals surface area (Å²) in [4.78, 5) is 29.0. The summed E-state index contributed by atoms with van der Waals surface area (Å²) in [6.45, 7) is 9.86. The number of quaternary nitrogens is 1. The fraction of sp³-hybridized carbons (Fsp3) is 0.417. The summed E-state index contributed by atoms with van der Waals surface area (Å²) in [5.74, 6) is -0.700. The Labute approximate surface area is 182 Å². The maximum Gasteiger partial charge on any atom is 0.290 e. The number of hydrogen-bond acceptors (Lipinski definition) is 5. The smallest absolute Gasteiger partial charge is 0.290 e. The first-order valence-electron chi connectivity index (χ1n) is 10.9. The van der Waals surface area contributed by atoms with Gasteiger partial charge in [-0.2, -0.15) is 0 Å². The lowest BCUT2D eigenvalue weighted by Gasteiger charge is -2.28. The van der Waals surface area contributed by atoms with Crippen LogP contribution in [0.1, 0.15) is 49.4 Å². The van der Waals surface area contributed by atoms with Crippen LogP contribution in [0, 0.1) is 0 Å². The molecule has 0 aliphatic carbocycles. The van der Waals surface area contributed by atoms with E-state index in [1.807, 2.05) is 31.2 Å². The molecular formula is C24H31N2O5+. The van der Waals surface area contributed by atoms with Crippen molar-refractivity contribution >= 4 is 11.7 Å². The van der Waals surface area contributed by atoms with Crippen LogP contribution >= 0.6 is 0 Å². The first-order chi connectivity index (χ1) is 15.0. The van der Waals surface area contributed by atoms with Crippen LogP contribution in [0.25, 0.3) is 0 Å². The minimum atomic E-state index is -0.680. The van der Waals surface area contributed by atoms with Crippen LogP contribution in [0.5, 0.6) is 5.75 Å². The van der Waals surface area contributed by atoms with Gasteiger partial charge >= 0.3 is 0 Å². The summed E-state index contributed by atoms with van der Waals surface area (Å²) in [5, 5.41) is 10.7. The van der Waals surface area contributed by atoms with E-state index in [4.69, 9.17) is 9.15 Å². The molecule has 166 valence electrons. The lowest BCUT2D eigenvalue weighted by atomic mass is 9.95. The molecule has 7 heteroatoms. The summed E-state index contributed by atoms with van der Waals surface area (Å²) >= 11 is 0. The molecule has 0 spiro atoms. The SMILES string of the molecule is CCCOc1ccc([C@H]2C(C(=O)c3ccco3)=C(O)C(=O)N2CC[NH+](CC)CC)cc1. The van der Waals surface area contributed by atoms with E-state index in [0.717, 1.165) is 37.4 Å². The lowest BCUT2D eigenvalue weighted by molar-refractivity contribution is -0.895. The molecule has 0 fully saturated rings. The summed E-state index contributed by atoms with van der Waals surface area (Å²) < 4.78 is 10.9. The molecule has 1 amide bonds. The molecule has 0 saturated carbocycles. The van der Waals surface area contributed by atoms with Gasteiger partial charge in [-0.05, 0) is 50.1 Å². The van der Waals surface area contributed by atoms with Gasteiger partial charge in [0.25, 0.3) is 5.91 Å². The Morgan fingerprint density at radius 1 is 1.16 bits per heavy atom. The van der Waals surface area contributed by atoms with Crippen molar-refractivity contribution in [3.63, 3.8) is 0 Å². The van der Waals surface area contributed by atoms with Crippen molar-refractivity contribution in [3.05, 3.63) is 65.3 Å². The molecule has 1 aliphatic rings. The average Bonchev–Trinajstić information content (AvgIpc) is 3.41. The molecule has 1 aromatic heterocycles. The van der Waals surface area contributed by atoms with Crippen molar-refractivity contribution in [2.45, 2.75) is 33.2 Å². The number of carbonyl (C=O) groups excluding carboxylic acids is 2. The third-order valence-corrected chi connectivity index (χ3v) is 5.67. The van der Waals surface area contributed by atoms with E-state index in [2.05, 4.69) is 13.8 Å². The van der Waals surface area contributed by atoms with Gasteiger partial charge in [0.2, 0.25) is 5.78 Å². The van der Waals surface area contributed by atoms with Crippen LogP contribution < -0.4 is 9.64 Å². The highest BCUT2D eigenvalue weighted by Crippen LogP contribution is 2.39. The predicted octanol–water partition coefficient (Wildman–Crippen LogP) is 2.57. The standard InChI is InChI=1S/C24H30N2O5/c1-4-15-30-18-11-9-17(10-12-18)21-20(22(27)19-8-7-16-31-19)23(28)24(29)26(21)14-13-25(5-2)6-3/h7-12,16,21,28H,4-6,13-15H2,1-3H3/p+1/t21-/m0/s1. The number of rotatable bonds is 11. The molecule has 0 radical (unpaired) electrons. The Morgan fingerprint density at radius 3 is 2.45 bits per heavy atom. The van der Waals surface area contributed by atoms with Crippen LogP contribution in [-0.4, -0.2) is 54.5 Å². The van der Waals surface area contributed by atoms with E-state index in [1.54, 1.807) is 11.0 Å². The molecule has 2 N–H and O–H groups in total. The van der Waals surface area contributed by atoms with E-state index in [0.29, 0.717) is 13.2 Å². The molecule has 0 saturated heterocycles. The Balaban J connectivity index is 1.95. The van der Waals surface area contributed by atoms with Gasteiger partial charge in [-0.15, -0.1) is 0 Å². The van der Waals surface area contributed by atoms with Gasteiger partial charge in [0.15, 0.2) is 11.5 Å². The molecule has 7 nitrogen and oxygen atoms in total. The molecule has 1 atom stereocenters. The Hall–Kier alpha value is -3.06. The molecular weight excluding hydrogens is 396 g/mol. The zero-order chi connectivity index (χ0) is 22.4. The minimum absolute atomic E-state index is 0.0525. The van der Waals surface area contributed by atoms with Crippen molar-refractivity contribution in [2.24, 2.45) is 0 Å². The number of aliphatic hydroxyl groups excluding tert-OH is 1. The van der Waals surface area contributed by atoms with E-state index in [9.17, 15) is 14.7 Å². The molecule has 2 heterocycles. The number of ether oxygens (including phenoxy) is 1. The van der Waals surface area contributed by atoms with Gasteiger partial charge in [0.05, 0.1) is 50.7 Å². The highest BCUT2D eigenvalue weighted by atomic mass is 16.5. The fourth-order valence-electron chi connectivity index (χ4n) is 3.85. The molecule has 0 unspecified atom stereocenters. The fourth-order valence-corrected chi connectivity index (χ4v) is 3.85. The third kappa shape index (κ3) is 4.82. The highest BCUT2D eigenvalue weighted by Gasteiger charge is 2.44. The summed E-state index contributed by atoms with van der Waals surface area (Å²) in [5.41, 5.74) is 0.794. The van der Waals surface area contributed by atoms with Gasteiger partial charge < -0.3 is 24.1 Å². The summed E-state index contributed by atoms with van der Waals surface area (Å²) in [6.07, 6.45) is 2.30. The highest BCUT2D eigenvalue weighted by molar-refractivity contribution is 6.15. The molecule has 0 bridgehead atoms. The second-order valence-corrected chi connectivity index (χ2v) is 7.59. The number of Topliss-reactive ketones (excluding diaryl/α,β-unsaturated/α-hetero) is 1. The number of aliphatic hydroxyl groups is 1. The molecule has 2 aromatic rings. The maximum atomic E-state index is 13.1. The normalized spacial score (nSPS) is 16.5. The molecule has 1 aliphatic heterocycles. The Kier molecular flexibility index (Phi) is 7.52. The molecule has 3 rings (SSSR count). The lowest BCUT2D eigenvalue weighted by Crippen LogP contribution is -3.12. The van der Waals surface area contributed by atoms with Gasteiger partial charge in [-0.25, -0.2) is 0 Å².